The second kappa shape index (κ2) is 7.41. The van der Waals surface area contributed by atoms with Crippen molar-refractivity contribution in [3.63, 3.8) is 0 Å². The average molecular weight is 341 g/mol. The highest BCUT2D eigenvalue weighted by Gasteiger charge is 2.40. The fraction of sp³-hybridized carbons (Fsp3) is 0.947. The lowest BCUT2D eigenvalue weighted by molar-refractivity contribution is -0.127. The Morgan fingerprint density at radius 3 is 2.22 bits per heavy atom. The Morgan fingerprint density at radius 1 is 1.00 bits per heavy atom. The molecule has 4 heteroatoms. The molecule has 4 heterocycles. The van der Waals surface area contributed by atoms with E-state index < -0.39 is 0 Å². The van der Waals surface area contributed by atoms with E-state index in [0.29, 0.717) is 23.0 Å². The number of Topliss-reactive ketones (excluding diaryl/α,β-unsaturated/α-hetero) is 1. The minimum Gasteiger partial charge on any atom is -0.317 e. The lowest BCUT2D eigenvalue weighted by Gasteiger charge is -2.46. The Bertz CT molecular complexity index is 404. The summed E-state index contributed by atoms with van der Waals surface area (Å²) in [6.45, 7) is 6.17. The monoisotopic (exact) mass is 340 g/mol. The molecule has 1 N–H and O–H groups in total. The van der Waals surface area contributed by atoms with Gasteiger partial charge in [0.25, 0.3) is 0 Å². The molecule has 3 nitrogen and oxygen atoms in total. The average Bonchev–Trinajstić information content (AvgIpc) is 2.57. The first-order chi connectivity index (χ1) is 10.7. The quantitative estimate of drug-likeness (QED) is 0.855. The van der Waals surface area contributed by atoms with Gasteiger partial charge >= 0.3 is 0 Å². The van der Waals surface area contributed by atoms with Crippen LogP contribution in [0.5, 0.6) is 0 Å². The van der Waals surface area contributed by atoms with E-state index in [1.54, 1.807) is 0 Å². The number of nitrogens with one attached hydrogen (secondary N) is 1. The highest BCUT2D eigenvalue weighted by Crippen LogP contribution is 2.46. The van der Waals surface area contributed by atoms with Crippen molar-refractivity contribution in [2.24, 2.45) is 23.2 Å². The van der Waals surface area contributed by atoms with E-state index in [1.165, 1.54) is 84.1 Å². The molecule has 0 radical (unpaired) electrons. The molecular formula is C19H33ClN2O. The summed E-state index contributed by atoms with van der Waals surface area (Å²) in [4.78, 5) is 15.4. The lowest BCUT2D eigenvalue weighted by atomic mass is 9.64. The SMILES string of the molecule is Cl.O=C(CC1CN2CCC1CC2)C1CCC2(CCNCC2)CC1. The third-order valence-electron chi connectivity index (χ3n) is 7.42. The van der Waals surface area contributed by atoms with Gasteiger partial charge in [-0.3, -0.25) is 4.79 Å². The Labute approximate surface area is 147 Å². The van der Waals surface area contributed by atoms with E-state index in [-0.39, 0.29) is 12.4 Å². The number of ketones is 1. The predicted octanol–water partition coefficient (Wildman–Crippen LogP) is 3.27. The Morgan fingerprint density at radius 2 is 1.65 bits per heavy atom. The minimum absolute atomic E-state index is 0. The van der Waals surface area contributed by atoms with Crippen molar-refractivity contribution in [3.05, 3.63) is 0 Å². The van der Waals surface area contributed by atoms with Crippen LogP contribution in [0.15, 0.2) is 0 Å². The van der Waals surface area contributed by atoms with Crippen LogP contribution in [0, 0.1) is 23.2 Å². The lowest BCUT2D eigenvalue weighted by Crippen LogP contribution is -2.48. The van der Waals surface area contributed by atoms with Crippen molar-refractivity contribution >= 4 is 18.2 Å². The number of halogens is 1. The second-order valence-corrected chi connectivity index (χ2v) is 8.59. The molecule has 0 amide bonds. The van der Waals surface area contributed by atoms with Gasteiger partial charge in [-0.05, 0) is 94.8 Å². The smallest absolute Gasteiger partial charge is 0.136 e. The van der Waals surface area contributed by atoms with E-state index in [9.17, 15) is 4.79 Å². The maximum absolute atomic E-state index is 12.8. The topological polar surface area (TPSA) is 32.3 Å². The third kappa shape index (κ3) is 3.77. The molecule has 5 aliphatic rings. The molecule has 0 aromatic heterocycles. The molecule has 1 saturated carbocycles. The maximum atomic E-state index is 12.8. The molecule has 2 bridgehead atoms. The van der Waals surface area contributed by atoms with Crippen LogP contribution in [0.3, 0.4) is 0 Å². The van der Waals surface area contributed by atoms with Gasteiger partial charge in [0.15, 0.2) is 0 Å². The van der Waals surface area contributed by atoms with Crippen molar-refractivity contribution < 1.29 is 4.79 Å². The molecule has 1 atom stereocenters. The third-order valence-corrected chi connectivity index (χ3v) is 7.42. The normalized spacial score (nSPS) is 36.6. The maximum Gasteiger partial charge on any atom is 0.136 e. The van der Waals surface area contributed by atoms with E-state index in [4.69, 9.17) is 0 Å². The summed E-state index contributed by atoms with van der Waals surface area (Å²) in [7, 11) is 0. The van der Waals surface area contributed by atoms with Gasteiger partial charge in [0, 0.05) is 18.9 Å². The van der Waals surface area contributed by atoms with E-state index in [2.05, 4.69) is 10.2 Å². The highest BCUT2D eigenvalue weighted by atomic mass is 35.5. The Hall–Kier alpha value is -0.120. The van der Waals surface area contributed by atoms with Crippen LogP contribution in [0.4, 0.5) is 0 Å². The summed E-state index contributed by atoms with van der Waals surface area (Å²) in [5.41, 5.74) is 0.595. The largest absolute Gasteiger partial charge is 0.317 e. The molecule has 0 aromatic rings. The first-order valence-electron chi connectivity index (χ1n) is 9.70. The molecule has 4 saturated heterocycles. The van der Waals surface area contributed by atoms with Crippen LogP contribution >= 0.6 is 12.4 Å². The molecule has 4 aliphatic heterocycles. The van der Waals surface area contributed by atoms with E-state index >= 15 is 0 Å². The Balaban J connectivity index is 0.00000156. The van der Waals surface area contributed by atoms with Crippen molar-refractivity contribution in [3.8, 4) is 0 Å². The number of hydrogen-bond acceptors (Lipinski definition) is 3. The van der Waals surface area contributed by atoms with Gasteiger partial charge in [0.1, 0.15) is 5.78 Å². The summed E-state index contributed by atoms with van der Waals surface area (Å²) in [6.07, 6.45) is 11.2. The number of carbonyl (C=O) groups is 1. The number of fused-ring (bicyclic) bond motifs is 3. The van der Waals surface area contributed by atoms with Crippen molar-refractivity contribution in [2.45, 2.75) is 57.8 Å². The standard InChI is InChI=1S/C19H32N2O.ClH/c22-18(13-17-14-21-11-3-15(17)4-12-21)16-1-5-19(6-2-16)7-9-20-10-8-19;/h15-17,20H,1-14H2;1H. The highest BCUT2D eigenvalue weighted by molar-refractivity contribution is 5.85. The fourth-order valence-electron chi connectivity index (χ4n) is 5.75. The summed E-state index contributed by atoms with van der Waals surface area (Å²) < 4.78 is 0. The van der Waals surface area contributed by atoms with Crippen LogP contribution in [0.25, 0.3) is 0 Å². The van der Waals surface area contributed by atoms with Crippen LogP contribution in [-0.4, -0.2) is 43.4 Å². The van der Waals surface area contributed by atoms with Crippen LogP contribution in [0.2, 0.25) is 0 Å². The zero-order valence-corrected chi connectivity index (χ0v) is 15.2. The molecule has 1 spiro atoms. The summed E-state index contributed by atoms with van der Waals surface area (Å²) in [5, 5.41) is 3.49. The number of hydrogen-bond donors (Lipinski definition) is 1. The summed E-state index contributed by atoms with van der Waals surface area (Å²) in [6, 6.07) is 0. The molecule has 5 rings (SSSR count). The fourth-order valence-corrected chi connectivity index (χ4v) is 5.75. The first-order valence-corrected chi connectivity index (χ1v) is 9.70. The molecule has 0 aromatic carbocycles. The number of nitrogens with zero attached hydrogens (tertiary/aromatic N) is 1. The van der Waals surface area contributed by atoms with Gasteiger partial charge in [-0.25, -0.2) is 0 Å². The van der Waals surface area contributed by atoms with Crippen LogP contribution in [0.1, 0.15) is 57.8 Å². The predicted molar refractivity (Wildman–Crippen MR) is 96.0 cm³/mol. The van der Waals surface area contributed by atoms with E-state index in [1.807, 2.05) is 0 Å². The van der Waals surface area contributed by atoms with E-state index in [0.717, 1.165) is 12.3 Å². The molecule has 5 fully saturated rings. The second-order valence-electron chi connectivity index (χ2n) is 8.59. The zero-order valence-electron chi connectivity index (χ0n) is 14.4. The number of piperidine rings is 4. The van der Waals surface area contributed by atoms with Gasteiger partial charge in [0.2, 0.25) is 0 Å². The van der Waals surface area contributed by atoms with Gasteiger partial charge in [-0.1, -0.05) is 0 Å². The zero-order chi connectivity index (χ0) is 15.0. The number of rotatable bonds is 3. The minimum atomic E-state index is 0. The van der Waals surface area contributed by atoms with Crippen LogP contribution in [-0.2, 0) is 4.79 Å². The molecule has 1 aliphatic carbocycles. The number of carbonyl (C=O) groups excluding carboxylic acids is 1. The van der Waals surface area contributed by atoms with Crippen molar-refractivity contribution in [2.75, 3.05) is 32.7 Å². The van der Waals surface area contributed by atoms with Gasteiger partial charge in [0.05, 0.1) is 0 Å². The molecule has 1 unspecified atom stereocenters. The van der Waals surface area contributed by atoms with Crippen molar-refractivity contribution in [1.82, 2.24) is 10.2 Å². The van der Waals surface area contributed by atoms with Gasteiger partial charge in [-0.15, -0.1) is 12.4 Å². The molecule has 132 valence electrons. The molecular weight excluding hydrogens is 308 g/mol. The van der Waals surface area contributed by atoms with Crippen molar-refractivity contribution in [1.29, 1.82) is 0 Å². The summed E-state index contributed by atoms with van der Waals surface area (Å²) >= 11 is 0. The van der Waals surface area contributed by atoms with Gasteiger partial charge in [-0.2, -0.15) is 0 Å². The van der Waals surface area contributed by atoms with Crippen LogP contribution < -0.4 is 5.32 Å². The molecule has 23 heavy (non-hydrogen) atoms. The summed E-state index contributed by atoms with van der Waals surface area (Å²) in [5.74, 6) is 2.55. The first kappa shape index (κ1) is 17.7. The Kier molecular flexibility index (Phi) is 5.70. The van der Waals surface area contributed by atoms with Gasteiger partial charge < -0.3 is 10.2 Å².